The molecule has 0 aliphatic rings. The van der Waals surface area contributed by atoms with Crippen LogP contribution in [0.15, 0.2) is 18.2 Å². The predicted octanol–water partition coefficient (Wildman–Crippen LogP) is 1.22. The van der Waals surface area contributed by atoms with Crippen LogP contribution in [0.2, 0.25) is 0 Å². The second-order valence-electron chi connectivity index (χ2n) is 3.77. The molecule has 0 bridgehead atoms. The van der Waals surface area contributed by atoms with Crippen molar-refractivity contribution in [2.75, 3.05) is 31.7 Å². The van der Waals surface area contributed by atoms with E-state index in [9.17, 15) is 14.9 Å². The standard InChI is InChI=1S/C12H16N2O5/c15-5-7-19-6-1-4-13-11-3-2-10(9-16)8-12(11)14(17)18/h2-3,8-9,13,15H,1,4-7H2. The summed E-state index contributed by atoms with van der Waals surface area (Å²) in [7, 11) is 0. The molecule has 0 radical (unpaired) electrons. The number of aliphatic hydroxyl groups is 1. The summed E-state index contributed by atoms with van der Waals surface area (Å²) in [6.07, 6.45) is 1.23. The van der Waals surface area contributed by atoms with Gasteiger partial charge in [0.25, 0.3) is 5.69 Å². The highest BCUT2D eigenvalue weighted by molar-refractivity contribution is 5.79. The minimum Gasteiger partial charge on any atom is -0.394 e. The van der Waals surface area contributed by atoms with Gasteiger partial charge in [0.15, 0.2) is 0 Å². The number of carbonyl (C=O) groups is 1. The third-order valence-electron chi connectivity index (χ3n) is 2.37. The van der Waals surface area contributed by atoms with Gasteiger partial charge in [-0.25, -0.2) is 0 Å². The molecule has 7 nitrogen and oxygen atoms in total. The van der Waals surface area contributed by atoms with Crippen molar-refractivity contribution in [2.45, 2.75) is 6.42 Å². The van der Waals surface area contributed by atoms with Crippen molar-refractivity contribution in [3.05, 3.63) is 33.9 Å². The van der Waals surface area contributed by atoms with E-state index in [0.29, 0.717) is 31.5 Å². The number of nitrogens with zero attached hydrogens (tertiary/aromatic N) is 1. The van der Waals surface area contributed by atoms with Crippen LogP contribution in [0.3, 0.4) is 0 Å². The van der Waals surface area contributed by atoms with E-state index in [1.54, 1.807) is 0 Å². The molecule has 0 aromatic heterocycles. The van der Waals surface area contributed by atoms with E-state index in [4.69, 9.17) is 9.84 Å². The summed E-state index contributed by atoms with van der Waals surface area (Å²) in [6, 6.07) is 4.26. The van der Waals surface area contributed by atoms with Crippen molar-refractivity contribution in [1.29, 1.82) is 0 Å². The largest absolute Gasteiger partial charge is 0.394 e. The fraction of sp³-hybridized carbons (Fsp3) is 0.417. The summed E-state index contributed by atoms with van der Waals surface area (Å²) >= 11 is 0. The second kappa shape index (κ2) is 8.17. The number of aldehydes is 1. The fourth-order valence-electron chi connectivity index (χ4n) is 1.49. The molecule has 104 valence electrons. The molecular weight excluding hydrogens is 252 g/mol. The minimum atomic E-state index is -0.530. The smallest absolute Gasteiger partial charge is 0.293 e. The summed E-state index contributed by atoms with van der Waals surface area (Å²) in [5, 5.41) is 22.3. The third kappa shape index (κ3) is 5.02. The maximum atomic E-state index is 10.9. The number of nitro benzene ring substituents is 1. The number of hydrogen-bond donors (Lipinski definition) is 2. The lowest BCUT2D eigenvalue weighted by molar-refractivity contribution is -0.384. The molecule has 0 atom stereocenters. The normalized spacial score (nSPS) is 10.2. The Labute approximate surface area is 110 Å². The summed E-state index contributed by atoms with van der Waals surface area (Å²) in [6.45, 7) is 1.24. The van der Waals surface area contributed by atoms with Crippen molar-refractivity contribution in [3.8, 4) is 0 Å². The first kappa shape index (κ1) is 15.1. The van der Waals surface area contributed by atoms with E-state index in [0.717, 1.165) is 0 Å². The summed E-state index contributed by atoms with van der Waals surface area (Å²) < 4.78 is 5.06. The van der Waals surface area contributed by atoms with Crippen LogP contribution in [0.1, 0.15) is 16.8 Å². The first-order valence-corrected chi connectivity index (χ1v) is 5.85. The molecule has 0 aliphatic carbocycles. The van der Waals surface area contributed by atoms with Gasteiger partial charge in [0, 0.05) is 24.8 Å². The van der Waals surface area contributed by atoms with E-state index in [1.165, 1.54) is 18.2 Å². The zero-order valence-corrected chi connectivity index (χ0v) is 10.4. The van der Waals surface area contributed by atoms with Gasteiger partial charge in [0.2, 0.25) is 0 Å². The van der Waals surface area contributed by atoms with Crippen LogP contribution in [0.4, 0.5) is 11.4 Å². The maximum Gasteiger partial charge on any atom is 0.293 e. The van der Waals surface area contributed by atoms with E-state index in [1.807, 2.05) is 0 Å². The molecule has 7 heteroatoms. The highest BCUT2D eigenvalue weighted by atomic mass is 16.6. The molecule has 0 heterocycles. The Kier molecular flexibility index (Phi) is 6.48. The summed E-state index contributed by atoms with van der Waals surface area (Å²) in [5.74, 6) is 0. The number of benzene rings is 1. The zero-order valence-electron chi connectivity index (χ0n) is 10.4. The molecule has 0 spiro atoms. The van der Waals surface area contributed by atoms with E-state index >= 15 is 0 Å². The Hall–Kier alpha value is -1.99. The van der Waals surface area contributed by atoms with Crippen molar-refractivity contribution >= 4 is 17.7 Å². The van der Waals surface area contributed by atoms with E-state index < -0.39 is 4.92 Å². The van der Waals surface area contributed by atoms with Crippen LogP contribution >= 0.6 is 0 Å². The average molecular weight is 268 g/mol. The molecule has 0 aliphatic heterocycles. The maximum absolute atomic E-state index is 10.9. The topological polar surface area (TPSA) is 102 Å². The van der Waals surface area contributed by atoms with Gasteiger partial charge in [-0.05, 0) is 18.6 Å². The van der Waals surface area contributed by atoms with Gasteiger partial charge >= 0.3 is 0 Å². The lowest BCUT2D eigenvalue weighted by atomic mass is 10.2. The lowest BCUT2D eigenvalue weighted by Gasteiger charge is -2.07. The SMILES string of the molecule is O=Cc1ccc(NCCCOCCO)c([N+](=O)[O-])c1. The quantitative estimate of drug-likeness (QED) is 0.302. The van der Waals surface area contributed by atoms with Crippen LogP contribution in [0.5, 0.6) is 0 Å². The summed E-state index contributed by atoms with van der Waals surface area (Å²) in [4.78, 5) is 20.9. The minimum absolute atomic E-state index is 0.0218. The molecular formula is C12H16N2O5. The van der Waals surface area contributed by atoms with Crippen LogP contribution in [0.25, 0.3) is 0 Å². The lowest BCUT2D eigenvalue weighted by Crippen LogP contribution is -2.09. The van der Waals surface area contributed by atoms with Gasteiger partial charge in [-0.3, -0.25) is 14.9 Å². The highest BCUT2D eigenvalue weighted by Gasteiger charge is 2.13. The van der Waals surface area contributed by atoms with Gasteiger partial charge in [-0.2, -0.15) is 0 Å². The molecule has 0 saturated heterocycles. The molecule has 1 rings (SSSR count). The highest BCUT2D eigenvalue weighted by Crippen LogP contribution is 2.24. The molecule has 1 aromatic rings. The third-order valence-corrected chi connectivity index (χ3v) is 2.37. The number of hydrogen-bond acceptors (Lipinski definition) is 6. The number of aliphatic hydroxyl groups excluding tert-OH is 1. The van der Waals surface area contributed by atoms with Gasteiger partial charge < -0.3 is 15.2 Å². The van der Waals surface area contributed by atoms with Crippen LogP contribution < -0.4 is 5.32 Å². The molecule has 0 unspecified atom stereocenters. The number of nitro groups is 1. The molecule has 2 N–H and O–H groups in total. The fourth-order valence-corrected chi connectivity index (χ4v) is 1.49. The number of rotatable bonds is 9. The Morgan fingerprint density at radius 1 is 1.42 bits per heavy atom. The average Bonchev–Trinajstić information content (AvgIpc) is 2.42. The van der Waals surface area contributed by atoms with E-state index in [2.05, 4.69) is 5.32 Å². The Morgan fingerprint density at radius 2 is 2.21 bits per heavy atom. The van der Waals surface area contributed by atoms with Crippen LogP contribution in [0, 0.1) is 10.1 Å². The van der Waals surface area contributed by atoms with Crippen LogP contribution in [-0.2, 0) is 4.74 Å². The van der Waals surface area contributed by atoms with Gasteiger partial charge in [-0.1, -0.05) is 0 Å². The molecule has 1 aromatic carbocycles. The van der Waals surface area contributed by atoms with Crippen molar-refractivity contribution in [2.24, 2.45) is 0 Å². The van der Waals surface area contributed by atoms with Crippen LogP contribution in [-0.4, -0.2) is 42.7 Å². The van der Waals surface area contributed by atoms with Crippen molar-refractivity contribution in [1.82, 2.24) is 0 Å². The molecule has 0 fully saturated rings. The predicted molar refractivity (Wildman–Crippen MR) is 69.5 cm³/mol. The van der Waals surface area contributed by atoms with Crippen molar-refractivity contribution in [3.63, 3.8) is 0 Å². The molecule has 19 heavy (non-hydrogen) atoms. The number of anilines is 1. The number of ether oxygens (including phenoxy) is 1. The monoisotopic (exact) mass is 268 g/mol. The number of nitrogens with one attached hydrogen (secondary N) is 1. The Bertz CT molecular complexity index is 436. The van der Waals surface area contributed by atoms with Crippen molar-refractivity contribution < 1.29 is 19.6 Å². The number of carbonyl (C=O) groups excluding carboxylic acids is 1. The Morgan fingerprint density at radius 3 is 2.84 bits per heavy atom. The van der Waals surface area contributed by atoms with E-state index in [-0.39, 0.29) is 24.5 Å². The second-order valence-corrected chi connectivity index (χ2v) is 3.77. The Balaban J connectivity index is 2.53. The molecule has 0 saturated carbocycles. The van der Waals surface area contributed by atoms with Gasteiger partial charge in [0.1, 0.15) is 12.0 Å². The van der Waals surface area contributed by atoms with Gasteiger partial charge in [-0.15, -0.1) is 0 Å². The van der Waals surface area contributed by atoms with Gasteiger partial charge in [0.05, 0.1) is 18.1 Å². The molecule has 0 amide bonds. The first-order chi connectivity index (χ1) is 9.19. The first-order valence-electron chi connectivity index (χ1n) is 5.85. The zero-order chi connectivity index (χ0) is 14.1. The summed E-state index contributed by atoms with van der Waals surface area (Å²) in [5.41, 5.74) is 0.516.